The zero-order valence-corrected chi connectivity index (χ0v) is 26.6. The molecular weight excluding hydrogens is 676 g/mol. The van der Waals surface area contributed by atoms with Crippen LogP contribution >= 0.6 is 50.9 Å². The zero-order chi connectivity index (χ0) is 30.9. The van der Waals surface area contributed by atoms with Crippen molar-refractivity contribution in [3.63, 3.8) is 0 Å². The van der Waals surface area contributed by atoms with Crippen molar-refractivity contribution in [1.82, 2.24) is 5.32 Å². The van der Waals surface area contributed by atoms with Crippen LogP contribution in [0.5, 0.6) is 0 Å². The SMILES string of the molecule is CCC(Sc1cccc(NC(=O)/C(=C\c2ccc(Cl)cc2Cl)NC(=O)c2ccccc2)c1)C(=O)Nc1ccc(Br)cc1F. The Morgan fingerprint density at radius 1 is 0.930 bits per heavy atom. The molecule has 6 nitrogen and oxygen atoms in total. The van der Waals surface area contributed by atoms with E-state index in [1.165, 1.54) is 36.0 Å². The van der Waals surface area contributed by atoms with Gasteiger partial charge in [0.25, 0.3) is 11.8 Å². The number of benzene rings is 4. The van der Waals surface area contributed by atoms with Crippen molar-refractivity contribution < 1.29 is 18.8 Å². The van der Waals surface area contributed by atoms with Crippen molar-refractivity contribution in [3.05, 3.63) is 128 Å². The molecular formula is C32H25BrCl2FN3O3S. The van der Waals surface area contributed by atoms with Crippen LogP contribution in [-0.4, -0.2) is 23.0 Å². The van der Waals surface area contributed by atoms with Gasteiger partial charge in [0.05, 0.1) is 10.9 Å². The second-order valence-corrected chi connectivity index (χ2v) is 12.2. The Kier molecular flexibility index (Phi) is 11.4. The van der Waals surface area contributed by atoms with Crippen LogP contribution in [0, 0.1) is 5.82 Å². The monoisotopic (exact) mass is 699 g/mol. The second-order valence-electron chi connectivity index (χ2n) is 9.15. The summed E-state index contributed by atoms with van der Waals surface area (Å²) in [6.07, 6.45) is 1.94. The lowest BCUT2D eigenvalue weighted by atomic mass is 10.1. The Hall–Kier alpha value is -3.63. The topological polar surface area (TPSA) is 87.3 Å². The van der Waals surface area contributed by atoms with E-state index >= 15 is 0 Å². The van der Waals surface area contributed by atoms with Crippen molar-refractivity contribution >= 4 is 86.1 Å². The van der Waals surface area contributed by atoms with Gasteiger partial charge in [-0.05, 0) is 78.7 Å². The van der Waals surface area contributed by atoms with Gasteiger partial charge >= 0.3 is 0 Å². The third-order valence-corrected chi connectivity index (χ3v) is 8.43. The summed E-state index contributed by atoms with van der Waals surface area (Å²) in [6, 6.07) is 24.6. The highest BCUT2D eigenvalue weighted by Gasteiger charge is 2.20. The number of carbonyl (C=O) groups excluding carboxylic acids is 3. The van der Waals surface area contributed by atoms with E-state index in [1.807, 2.05) is 6.92 Å². The van der Waals surface area contributed by atoms with Crippen molar-refractivity contribution in [2.24, 2.45) is 0 Å². The average molecular weight is 701 g/mol. The Balaban J connectivity index is 1.52. The van der Waals surface area contributed by atoms with Crippen molar-refractivity contribution in [2.75, 3.05) is 10.6 Å². The first-order valence-corrected chi connectivity index (χ1v) is 15.4. The molecule has 220 valence electrons. The molecule has 3 amide bonds. The molecule has 1 unspecified atom stereocenters. The molecule has 0 bridgehead atoms. The Morgan fingerprint density at radius 2 is 1.70 bits per heavy atom. The first-order valence-electron chi connectivity index (χ1n) is 13.0. The fourth-order valence-electron chi connectivity index (χ4n) is 3.85. The molecule has 0 spiro atoms. The molecule has 1 atom stereocenters. The largest absolute Gasteiger partial charge is 0.323 e. The number of halogens is 4. The number of carbonyl (C=O) groups is 3. The number of rotatable bonds is 10. The number of nitrogens with one attached hydrogen (secondary N) is 3. The molecule has 0 aliphatic heterocycles. The van der Waals surface area contributed by atoms with Crippen LogP contribution in [0.25, 0.3) is 6.08 Å². The lowest BCUT2D eigenvalue weighted by molar-refractivity contribution is -0.116. The number of thioether (sulfide) groups is 1. The lowest BCUT2D eigenvalue weighted by Gasteiger charge is -2.16. The van der Waals surface area contributed by atoms with E-state index in [9.17, 15) is 18.8 Å². The molecule has 4 rings (SSSR count). The summed E-state index contributed by atoms with van der Waals surface area (Å²) in [5.74, 6) is -1.96. The zero-order valence-electron chi connectivity index (χ0n) is 22.7. The summed E-state index contributed by atoms with van der Waals surface area (Å²) in [6.45, 7) is 1.86. The third kappa shape index (κ3) is 9.18. The molecule has 0 saturated heterocycles. The first kappa shape index (κ1) is 32.3. The van der Waals surface area contributed by atoms with Gasteiger partial charge in [-0.25, -0.2) is 4.39 Å². The maximum atomic E-state index is 14.3. The fraction of sp³-hybridized carbons (Fsp3) is 0.0938. The van der Waals surface area contributed by atoms with Crippen LogP contribution in [0.3, 0.4) is 0 Å². The average Bonchev–Trinajstić information content (AvgIpc) is 2.98. The van der Waals surface area contributed by atoms with Gasteiger partial charge in [-0.1, -0.05) is 76.4 Å². The minimum Gasteiger partial charge on any atom is -0.323 e. The molecule has 0 radical (unpaired) electrons. The predicted molar refractivity (Wildman–Crippen MR) is 176 cm³/mol. The maximum Gasteiger partial charge on any atom is 0.272 e. The minimum atomic E-state index is -0.590. The first-order chi connectivity index (χ1) is 20.6. The number of anilines is 2. The summed E-state index contributed by atoms with van der Waals surface area (Å²) in [4.78, 5) is 40.0. The van der Waals surface area contributed by atoms with Crippen LogP contribution in [0.4, 0.5) is 15.8 Å². The second kappa shape index (κ2) is 15.2. The number of hydrogen-bond acceptors (Lipinski definition) is 4. The van der Waals surface area contributed by atoms with E-state index < -0.39 is 22.9 Å². The van der Waals surface area contributed by atoms with Gasteiger partial charge in [0.1, 0.15) is 11.5 Å². The summed E-state index contributed by atoms with van der Waals surface area (Å²) in [5.41, 5.74) is 1.33. The molecule has 0 aliphatic rings. The molecule has 3 N–H and O–H groups in total. The van der Waals surface area contributed by atoms with Crippen LogP contribution in [0.15, 0.2) is 106 Å². The van der Waals surface area contributed by atoms with E-state index in [1.54, 1.807) is 72.8 Å². The van der Waals surface area contributed by atoms with E-state index in [0.717, 1.165) is 0 Å². The van der Waals surface area contributed by atoms with Crippen LogP contribution in [-0.2, 0) is 9.59 Å². The maximum absolute atomic E-state index is 14.3. The molecule has 0 aliphatic carbocycles. The molecule has 4 aromatic carbocycles. The van der Waals surface area contributed by atoms with Crippen molar-refractivity contribution in [3.8, 4) is 0 Å². The summed E-state index contributed by atoms with van der Waals surface area (Å²) in [7, 11) is 0. The van der Waals surface area contributed by atoms with E-state index in [2.05, 4.69) is 31.9 Å². The van der Waals surface area contributed by atoms with Gasteiger partial charge in [-0.2, -0.15) is 0 Å². The number of amides is 3. The normalized spacial score (nSPS) is 11.9. The number of hydrogen-bond donors (Lipinski definition) is 3. The highest BCUT2D eigenvalue weighted by Crippen LogP contribution is 2.30. The van der Waals surface area contributed by atoms with Crippen molar-refractivity contribution in [2.45, 2.75) is 23.5 Å². The van der Waals surface area contributed by atoms with Gasteiger partial charge in [0, 0.05) is 30.7 Å². The molecule has 4 aromatic rings. The summed E-state index contributed by atoms with van der Waals surface area (Å²) in [5, 5.41) is 8.32. The van der Waals surface area contributed by atoms with Gasteiger partial charge in [0.2, 0.25) is 5.91 Å². The standard InChI is InChI=1S/C32H25BrCl2FN3O3S/c1-2-29(32(42)38-27-14-12-21(33)16-26(27)36)43-24-10-6-9-23(18-24)37-31(41)28(15-20-11-13-22(34)17-25(20)35)39-30(40)19-7-4-3-5-8-19/h3-18,29H,2H2,1H3,(H,37,41)(H,38,42)(H,39,40)/b28-15+. The van der Waals surface area contributed by atoms with Gasteiger partial charge < -0.3 is 16.0 Å². The smallest absolute Gasteiger partial charge is 0.272 e. The highest BCUT2D eigenvalue weighted by atomic mass is 79.9. The summed E-state index contributed by atoms with van der Waals surface area (Å²) >= 11 is 16.8. The van der Waals surface area contributed by atoms with E-state index in [-0.39, 0.29) is 17.3 Å². The molecule has 43 heavy (non-hydrogen) atoms. The Labute approximate surface area is 271 Å². The lowest BCUT2D eigenvalue weighted by Crippen LogP contribution is -2.30. The third-order valence-electron chi connectivity index (χ3n) is 6.01. The van der Waals surface area contributed by atoms with Gasteiger partial charge in [-0.3, -0.25) is 14.4 Å². The molecule has 0 aromatic heterocycles. The molecule has 0 fully saturated rings. The minimum absolute atomic E-state index is 0.0431. The van der Waals surface area contributed by atoms with E-state index in [4.69, 9.17) is 23.2 Å². The molecule has 11 heteroatoms. The van der Waals surface area contributed by atoms with Crippen LogP contribution in [0.1, 0.15) is 29.3 Å². The quantitative estimate of drug-likeness (QED) is 0.114. The van der Waals surface area contributed by atoms with Crippen LogP contribution < -0.4 is 16.0 Å². The predicted octanol–water partition coefficient (Wildman–Crippen LogP) is 8.81. The molecule has 0 heterocycles. The highest BCUT2D eigenvalue weighted by molar-refractivity contribution is 9.10. The summed E-state index contributed by atoms with van der Waals surface area (Å²) < 4.78 is 14.8. The Bertz CT molecular complexity index is 1690. The van der Waals surface area contributed by atoms with Crippen LogP contribution in [0.2, 0.25) is 10.0 Å². The van der Waals surface area contributed by atoms with E-state index in [0.29, 0.717) is 42.6 Å². The molecule has 0 saturated carbocycles. The van der Waals surface area contributed by atoms with Gasteiger partial charge in [0.15, 0.2) is 0 Å². The Morgan fingerprint density at radius 3 is 2.40 bits per heavy atom. The van der Waals surface area contributed by atoms with Crippen molar-refractivity contribution in [1.29, 1.82) is 0 Å². The fourth-order valence-corrected chi connectivity index (χ4v) is 5.66. The van der Waals surface area contributed by atoms with Gasteiger partial charge in [-0.15, -0.1) is 11.8 Å².